The molecule has 0 rings (SSSR count). The van der Waals surface area contributed by atoms with Crippen molar-refractivity contribution in [1.29, 1.82) is 0 Å². The Morgan fingerprint density at radius 2 is 2.00 bits per heavy atom. The number of hydrogen-bond donors (Lipinski definition) is 0. The maximum absolute atomic E-state index is 12.1. The van der Waals surface area contributed by atoms with E-state index >= 15 is 0 Å². The summed E-state index contributed by atoms with van der Waals surface area (Å²) in [6, 6.07) is 0. The van der Waals surface area contributed by atoms with Crippen molar-refractivity contribution in [2.24, 2.45) is 0 Å². The Kier molecular flexibility index (Phi) is 6.10. The minimum atomic E-state index is -4.22. The topological polar surface area (TPSA) is 29.5 Å². The third-order valence-electron chi connectivity index (χ3n) is 2.01. The van der Waals surface area contributed by atoms with Crippen molar-refractivity contribution in [1.82, 2.24) is 4.90 Å². The molecule has 0 atom stereocenters. The Labute approximate surface area is 92.9 Å². The molecule has 6 heteroatoms. The van der Waals surface area contributed by atoms with Gasteiger partial charge in [0, 0.05) is 12.1 Å². The molecular weight excluding hydrogens is 223 g/mol. The second-order valence-electron chi connectivity index (χ2n) is 3.32. The van der Waals surface area contributed by atoms with Crippen molar-refractivity contribution in [3.8, 4) is 0 Å². The van der Waals surface area contributed by atoms with Crippen LogP contribution in [0.25, 0.3) is 0 Å². The molecule has 0 bridgehead atoms. The standard InChI is InChI=1S/C10H16F3NO2/c1-4-14(7-10(11,12)13)6-5-8(2)9(15)16-3/h5H,4,6-7H2,1-3H3. The largest absolute Gasteiger partial charge is 0.466 e. The Morgan fingerprint density at radius 1 is 1.44 bits per heavy atom. The van der Waals surface area contributed by atoms with Gasteiger partial charge in [-0.15, -0.1) is 0 Å². The molecule has 3 nitrogen and oxygen atoms in total. The predicted molar refractivity (Wildman–Crippen MR) is 53.9 cm³/mol. The molecule has 0 aliphatic carbocycles. The fraction of sp³-hybridized carbons (Fsp3) is 0.700. The lowest BCUT2D eigenvalue weighted by Crippen LogP contribution is -2.34. The van der Waals surface area contributed by atoms with Crippen LogP contribution < -0.4 is 0 Å². The molecule has 16 heavy (non-hydrogen) atoms. The zero-order chi connectivity index (χ0) is 12.8. The molecule has 0 saturated heterocycles. The van der Waals surface area contributed by atoms with Crippen LogP contribution in [-0.4, -0.2) is 43.8 Å². The summed E-state index contributed by atoms with van der Waals surface area (Å²) >= 11 is 0. The second kappa shape index (κ2) is 6.52. The number of rotatable bonds is 5. The van der Waals surface area contributed by atoms with E-state index in [0.29, 0.717) is 5.57 Å². The number of ether oxygens (including phenoxy) is 1. The van der Waals surface area contributed by atoms with Crippen molar-refractivity contribution >= 4 is 5.97 Å². The molecule has 0 amide bonds. The van der Waals surface area contributed by atoms with Gasteiger partial charge in [-0.25, -0.2) is 4.79 Å². The molecule has 0 N–H and O–H groups in total. The van der Waals surface area contributed by atoms with Crippen LogP contribution >= 0.6 is 0 Å². The second-order valence-corrected chi connectivity index (χ2v) is 3.32. The Morgan fingerprint density at radius 3 is 2.38 bits per heavy atom. The van der Waals surface area contributed by atoms with E-state index in [4.69, 9.17) is 0 Å². The molecule has 0 radical (unpaired) electrons. The summed E-state index contributed by atoms with van der Waals surface area (Å²) < 4.78 is 40.7. The summed E-state index contributed by atoms with van der Waals surface area (Å²) in [4.78, 5) is 12.2. The van der Waals surface area contributed by atoms with Crippen LogP contribution in [-0.2, 0) is 9.53 Å². The first kappa shape index (κ1) is 15.0. The molecule has 0 aromatic carbocycles. The van der Waals surface area contributed by atoms with Crippen molar-refractivity contribution < 1.29 is 22.7 Å². The Balaban J connectivity index is 4.29. The van der Waals surface area contributed by atoms with Crippen LogP contribution in [0.2, 0.25) is 0 Å². The molecule has 0 spiro atoms. The Hall–Kier alpha value is -1.04. The average Bonchev–Trinajstić information content (AvgIpc) is 2.20. The van der Waals surface area contributed by atoms with Crippen molar-refractivity contribution in [2.75, 3.05) is 26.7 Å². The molecule has 0 unspecified atom stereocenters. The summed E-state index contributed by atoms with van der Waals surface area (Å²) in [5.74, 6) is -0.525. The molecule has 0 fully saturated rings. The van der Waals surface area contributed by atoms with Crippen LogP contribution in [0.15, 0.2) is 11.6 Å². The van der Waals surface area contributed by atoms with E-state index in [-0.39, 0.29) is 13.1 Å². The summed E-state index contributed by atoms with van der Waals surface area (Å²) in [5, 5.41) is 0. The highest BCUT2D eigenvalue weighted by atomic mass is 19.4. The van der Waals surface area contributed by atoms with Crippen molar-refractivity contribution in [3.63, 3.8) is 0 Å². The van der Waals surface area contributed by atoms with Gasteiger partial charge in [0.15, 0.2) is 0 Å². The lowest BCUT2D eigenvalue weighted by molar-refractivity contribution is -0.144. The fourth-order valence-corrected chi connectivity index (χ4v) is 1.07. The van der Waals surface area contributed by atoms with E-state index in [9.17, 15) is 18.0 Å². The first-order chi connectivity index (χ1) is 7.30. The van der Waals surface area contributed by atoms with Gasteiger partial charge in [-0.2, -0.15) is 13.2 Å². The molecular formula is C10H16F3NO2. The number of esters is 1. The summed E-state index contributed by atoms with van der Waals surface area (Å²) in [6.45, 7) is 2.51. The number of carbonyl (C=O) groups is 1. The number of carbonyl (C=O) groups excluding carboxylic acids is 1. The highest BCUT2D eigenvalue weighted by Crippen LogP contribution is 2.16. The lowest BCUT2D eigenvalue weighted by atomic mass is 10.3. The van der Waals surface area contributed by atoms with Gasteiger partial charge in [0.05, 0.1) is 13.7 Å². The highest BCUT2D eigenvalue weighted by Gasteiger charge is 2.29. The number of nitrogens with zero attached hydrogens (tertiary/aromatic N) is 1. The zero-order valence-corrected chi connectivity index (χ0v) is 9.60. The molecule has 0 aromatic heterocycles. The van der Waals surface area contributed by atoms with Crippen LogP contribution in [0.1, 0.15) is 13.8 Å². The van der Waals surface area contributed by atoms with Gasteiger partial charge >= 0.3 is 12.1 Å². The van der Waals surface area contributed by atoms with Crippen LogP contribution in [0.5, 0.6) is 0 Å². The lowest BCUT2D eigenvalue weighted by Gasteiger charge is -2.20. The van der Waals surface area contributed by atoms with E-state index in [1.165, 1.54) is 25.0 Å². The number of likely N-dealkylation sites (N-methyl/N-ethyl adjacent to an activating group) is 1. The van der Waals surface area contributed by atoms with Crippen LogP contribution in [0, 0.1) is 0 Å². The molecule has 0 aromatic rings. The summed E-state index contributed by atoms with van der Waals surface area (Å²) in [7, 11) is 1.23. The zero-order valence-electron chi connectivity index (χ0n) is 9.60. The van der Waals surface area contributed by atoms with Gasteiger partial charge in [0.1, 0.15) is 0 Å². The fourth-order valence-electron chi connectivity index (χ4n) is 1.07. The number of hydrogen-bond acceptors (Lipinski definition) is 3. The van der Waals surface area contributed by atoms with Gasteiger partial charge in [0.2, 0.25) is 0 Å². The molecule has 0 heterocycles. The third-order valence-corrected chi connectivity index (χ3v) is 2.01. The maximum Gasteiger partial charge on any atom is 0.401 e. The van der Waals surface area contributed by atoms with Crippen LogP contribution in [0.4, 0.5) is 13.2 Å². The van der Waals surface area contributed by atoms with E-state index in [1.807, 2.05) is 0 Å². The highest BCUT2D eigenvalue weighted by molar-refractivity contribution is 5.87. The van der Waals surface area contributed by atoms with Gasteiger partial charge in [-0.1, -0.05) is 13.0 Å². The SMILES string of the molecule is CCN(CC=C(C)C(=O)OC)CC(F)(F)F. The van der Waals surface area contributed by atoms with Crippen molar-refractivity contribution in [2.45, 2.75) is 20.0 Å². The van der Waals surface area contributed by atoms with E-state index in [0.717, 1.165) is 0 Å². The molecule has 0 aliphatic rings. The average molecular weight is 239 g/mol. The van der Waals surface area contributed by atoms with Gasteiger partial charge in [0.25, 0.3) is 0 Å². The Bertz CT molecular complexity index is 261. The maximum atomic E-state index is 12.1. The third kappa shape index (κ3) is 6.44. The molecule has 0 aliphatic heterocycles. The first-order valence-corrected chi connectivity index (χ1v) is 4.84. The minimum Gasteiger partial charge on any atom is -0.466 e. The number of alkyl halides is 3. The monoisotopic (exact) mass is 239 g/mol. The number of halogens is 3. The normalized spacial score (nSPS) is 13.1. The van der Waals surface area contributed by atoms with Gasteiger partial charge in [-0.05, 0) is 13.5 Å². The predicted octanol–water partition coefficient (Wildman–Crippen LogP) is 1.99. The molecule has 0 saturated carbocycles. The van der Waals surface area contributed by atoms with E-state index < -0.39 is 18.7 Å². The minimum absolute atomic E-state index is 0.0803. The summed E-state index contributed by atoms with van der Waals surface area (Å²) in [6.07, 6.45) is -2.79. The van der Waals surface area contributed by atoms with Gasteiger partial charge in [-0.3, -0.25) is 4.90 Å². The molecule has 94 valence electrons. The first-order valence-electron chi connectivity index (χ1n) is 4.84. The van der Waals surface area contributed by atoms with E-state index in [1.54, 1.807) is 6.92 Å². The van der Waals surface area contributed by atoms with Gasteiger partial charge < -0.3 is 4.74 Å². The smallest absolute Gasteiger partial charge is 0.401 e. The van der Waals surface area contributed by atoms with Crippen molar-refractivity contribution in [3.05, 3.63) is 11.6 Å². The number of methoxy groups -OCH3 is 1. The summed E-state index contributed by atoms with van der Waals surface area (Å²) in [5.41, 5.74) is 0.308. The van der Waals surface area contributed by atoms with Crippen LogP contribution in [0.3, 0.4) is 0 Å². The van der Waals surface area contributed by atoms with E-state index in [2.05, 4.69) is 4.74 Å². The quantitative estimate of drug-likeness (QED) is 0.543.